The second-order valence-electron chi connectivity index (χ2n) is 8.21. The maximum atomic E-state index is 12.5. The summed E-state index contributed by atoms with van der Waals surface area (Å²) in [5, 5.41) is 22.5. The van der Waals surface area contributed by atoms with Crippen LogP contribution < -0.4 is 5.32 Å². The molecule has 0 fully saturated rings. The highest BCUT2D eigenvalue weighted by molar-refractivity contribution is 9.10. The smallest absolute Gasteiger partial charge is 0.407 e. The number of aliphatic carboxylic acids is 1. The molecular formula is C26H24BrNO5. The molecule has 170 valence electrons. The zero-order valence-electron chi connectivity index (χ0n) is 18.3. The molecule has 1 atom stereocenters. The minimum atomic E-state index is -1.25. The van der Waals surface area contributed by atoms with Crippen LogP contribution in [0.25, 0.3) is 11.1 Å². The average molecular weight is 510 g/mol. The van der Waals surface area contributed by atoms with Crippen molar-refractivity contribution in [2.24, 2.45) is 0 Å². The number of aromatic hydroxyl groups is 1. The van der Waals surface area contributed by atoms with E-state index in [-0.39, 0.29) is 24.7 Å². The number of carbonyl (C=O) groups excluding carboxylic acids is 1. The number of rotatable bonds is 6. The van der Waals surface area contributed by atoms with Crippen LogP contribution >= 0.6 is 15.9 Å². The molecule has 0 aromatic heterocycles. The highest BCUT2D eigenvalue weighted by Gasteiger charge is 2.30. The first-order valence-electron chi connectivity index (χ1n) is 10.6. The summed E-state index contributed by atoms with van der Waals surface area (Å²) in [6, 6.07) is 16.5. The number of benzene rings is 3. The molecule has 0 aliphatic heterocycles. The van der Waals surface area contributed by atoms with E-state index in [1.165, 1.54) is 0 Å². The number of amides is 1. The molecule has 1 aliphatic rings. The molecule has 1 unspecified atom stereocenters. The molecule has 3 aromatic carbocycles. The maximum Gasteiger partial charge on any atom is 0.407 e. The molecule has 0 bridgehead atoms. The van der Waals surface area contributed by atoms with E-state index in [2.05, 4.69) is 21.2 Å². The van der Waals surface area contributed by atoms with E-state index in [1.807, 2.05) is 62.4 Å². The Bertz CT molecular complexity index is 1190. The summed E-state index contributed by atoms with van der Waals surface area (Å²) >= 11 is 3.34. The summed E-state index contributed by atoms with van der Waals surface area (Å²) in [6.45, 7) is 3.82. The highest BCUT2D eigenvalue weighted by Crippen LogP contribution is 2.44. The van der Waals surface area contributed by atoms with Crippen LogP contribution in [0.2, 0.25) is 0 Å². The number of ether oxygens (including phenoxy) is 1. The summed E-state index contributed by atoms with van der Waals surface area (Å²) in [5.41, 5.74) is 6.57. The third kappa shape index (κ3) is 4.46. The predicted molar refractivity (Wildman–Crippen MR) is 129 cm³/mol. The first-order chi connectivity index (χ1) is 15.8. The SMILES string of the molecule is Cc1cc(CC(NC(=O)OCC2c3ccccc3-c3ccccc32)C(=O)O)c(O)c(Br)c1C. The lowest BCUT2D eigenvalue weighted by Crippen LogP contribution is -2.43. The van der Waals surface area contributed by atoms with E-state index in [0.29, 0.717) is 10.0 Å². The van der Waals surface area contributed by atoms with E-state index in [1.54, 1.807) is 6.07 Å². The average Bonchev–Trinajstić information content (AvgIpc) is 3.13. The number of hydrogen-bond acceptors (Lipinski definition) is 4. The fraction of sp³-hybridized carbons (Fsp3) is 0.231. The van der Waals surface area contributed by atoms with E-state index in [4.69, 9.17) is 4.74 Å². The second kappa shape index (κ2) is 9.27. The Balaban J connectivity index is 1.46. The molecule has 1 aliphatic carbocycles. The molecule has 0 saturated carbocycles. The number of aryl methyl sites for hydroxylation is 1. The Kier molecular flexibility index (Phi) is 6.42. The van der Waals surface area contributed by atoms with Crippen LogP contribution in [-0.2, 0) is 16.0 Å². The van der Waals surface area contributed by atoms with Crippen LogP contribution in [0, 0.1) is 13.8 Å². The van der Waals surface area contributed by atoms with Gasteiger partial charge in [0.2, 0.25) is 0 Å². The van der Waals surface area contributed by atoms with Crippen LogP contribution in [-0.4, -0.2) is 34.9 Å². The van der Waals surface area contributed by atoms with Crippen molar-refractivity contribution in [1.29, 1.82) is 0 Å². The van der Waals surface area contributed by atoms with Crippen molar-refractivity contribution < 1.29 is 24.5 Å². The molecule has 0 heterocycles. The van der Waals surface area contributed by atoms with Gasteiger partial charge in [-0.1, -0.05) is 54.6 Å². The van der Waals surface area contributed by atoms with Gasteiger partial charge in [-0.3, -0.25) is 0 Å². The van der Waals surface area contributed by atoms with Crippen molar-refractivity contribution in [2.45, 2.75) is 32.2 Å². The van der Waals surface area contributed by atoms with Gasteiger partial charge in [-0.05, 0) is 68.7 Å². The van der Waals surface area contributed by atoms with Crippen LogP contribution in [0.5, 0.6) is 5.75 Å². The minimum absolute atomic E-state index is 0.0290. The van der Waals surface area contributed by atoms with Crippen LogP contribution in [0.1, 0.15) is 33.7 Å². The van der Waals surface area contributed by atoms with Gasteiger partial charge >= 0.3 is 12.1 Å². The largest absolute Gasteiger partial charge is 0.506 e. The summed E-state index contributed by atoms with van der Waals surface area (Å²) in [6.07, 6.45) is -0.892. The topological polar surface area (TPSA) is 95.9 Å². The Morgan fingerprint density at radius 3 is 2.21 bits per heavy atom. The first-order valence-corrected chi connectivity index (χ1v) is 11.4. The van der Waals surface area contributed by atoms with Crippen molar-refractivity contribution in [3.8, 4) is 16.9 Å². The van der Waals surface area contributed by atoms with Crippen molar-refractivity contribution in [3.05, 3.63) is 86.9 Å². The minimum Gasteiger partial charge on any atom is -0.506 e. The normalized spacial score (nSPS) is 13.2. The zero-order chi connectivity index (χ0) is 23.7. The van der Waals surface area contributed by atoms with Gasteiger partial charge in [0.1, 0.15) is 18.4 Å². The van der Waals surface area contributed by atoms with Gasteiger partial charge < -0.3 is 20.3 Å². The first kappa shape index (κ1) is 22.9. The Morgan fingerprint density at radius 2 is 1.64 bits per heavy atom. The van der Waals surface area contributed by atoms with Gasteiger partial charge in [0.25, 0.3) is 0 Å². The molecule has 0 radical (unpaired) electrons. The summed E-state index contributed by atoms with van der Waals surface area (Å²) in [7, 11) is 0. The predicted octanol–water partition coefficient (Wildman–Crippen LogP) is 5.31. The molecule has 1 amide bonds. The molecule has 4 rings (SSSR count). The van der Waals surface area contributed by atoms with Crippen molar-refractivity contribution in [1.82, 2.24) is 5.32 Å². The summed E-state index contributed by atoms with van der Waals surface area (Å²) in [4.78, 5) is 24.3. The molecular weight excluding hydrogens is 486 g/mol. The monoisotopic (exact) mass is 509 g/mol. The van der Waals surface area contributed by atoms with Crippen LogP contribution in [0.3, 0.4) is 0 Å². The third-order valence-electron chi connectivity index (χ3n) is 6.18. The van der Waals surface area contributed by atoms with E-state index in [0.717, 1.165) is 33.4 Å². The Morgan fingerprint density at radius 1 is 1.06 bits per heavy atom. The lowest BCUT2D eigenvalue weighted by Gasteiger charge is -2.19. The summed E-state index contributed by atoms with van der Waals surface area (Å²) < 4.78 is 5.99. The second-order valence-corrected chi connectivity index (χ2v) is 9.00. The number of fused-ring (bicyclic) bond motifs is 3. The lowest BCUT2D eigenvalue weighted by molar-refractivity contribution is -0.139. The molecule has 7 heteroatoms. The Labute approximate surface area is 200 Å². The van der Waals surface area contributed by atoms with Crippen molar-refractivity contribution in [3.63, 3.8) is 0 Å². The molecule has 3 N–H and O–H groups in total. The summed E-state index contributed by atoms with van der Waals surface area (Å²) in [5.74, 6) is -1.36. The van der Waals surface area contributed by atoms with Gasteiger partial charge in [-0.15, -0.1) is 0 Å². The number of phenols is 1. The fourth-order valence-electron chi connectivity index (χ4n) is 4.29. The number of hydrogen-bond donors (Lipinski definition) is 3. The van der Waals surface area contributed by atoms with Crippen LogP contribution in [0.4, 0.5) is 4.79 Å². The van der Waals surface area contributed by atoms with E-state index < -0.39 is 18.1 Å². The number of carboxylic acid groups (broad SMARTS) is 1. The molecule has 3 aromatic rings. The van der Waals surface area contributed by atoms with E-state index in [9.17, 15) is 19.8 Å². The third-order valence-corrected chi connectivity index (χ3v) is 7.15. The molecule has 0 saturated heterocycles. The van der Waals surface area contributed by atoms with Crippen molar-refractivity contribution in [2.75, 3.05) is 6.61 Å². The van der Waals surface area contributed by atoms with E-state index >= 15 is 0 Å². The number of carbonyl (C=O) groups is 2. The zero-order valence-corrected chi connectivity index (χ0v) is 19.8. The molecule has 6 nitrogen and oxygen atoms in total. The van der Waals surface area contributed by atoms with Gasteiger partial charge in [-0.2, -0.15) is 0 Å². The molecule has 33 heavy (non-hydrogen) atoms. The highest BCUT2D eigenvalue weighted by atomic mass is 79.9. The fourth-order valence-corrected chi connectivity index (χ4v) is 4.85. The van der Waals surface area contributed by atoms with Gasteiger partial charge in [-0.25, -0.2) is 9.59 Å². The molecule has 0 spiro atoms. The van der Waals surface area contributed by atoms with Gasteiger partial charge in [0.15, 0.2) is 0 Å². The lowest BCUT2D eigenvalue weighted by atomic mass is 9.98. The Hall–Kier alpha value is -3.32. The number of carboxylic acids is 1. The standard InChI is InChI=1S/C26H24BrNO5/c1-14-11-16(24(29)23(27)15(14)2)12-22(25(30)31)28-26(32)33-13-21-19-9-5-3-7-17(19)18-8-4-6-10-20(18)21/h3-11,21-22,29H,12-13H2,1-2H3,(H,28,32)(H,30,31). The number of alkyl carbamates (subject to hydrolysis) is 1. The van der Waals surface area contributed by atoms with Crippen LogP contribution in [0.15, 0.2) is 59.1 Å². The number of nitrogens with one attached hydrogen (secondary N) is 1. The number of halogens is 1. The maximum absolute atomic E-state index is 12.5. The quantitative estimate of drug-likeness (QED) is 0.418. The van der Waals surface area contributed by atoms with Gasteiger partial charge in [0.05, 0.1) is 4.47 Å². The van der Waals surface area contributed by atoms with Crippen molar-refractivity contribution >= 4 is 28.0 Å². The number of phenolic OH excluding ortho intramolecular Hbond substituents is 1. The van der Waals surface area contributed by atoms with Gasteiger partial charge in [0, 0.05) is 12.3 Å².